The highest BCUT2D eigenvalue weighted by molar-refractivity contribution is 6.08. The lowest BCUT2D eigenvalue weighted by Gasteiger charge is -2.38. The van der Waals surface area contributed by atoms with Crippen molar-refractivity contribution in [2.24, 2.45) is 10.8 Å². The Balaban J connectivity index is 0.00000149. The van der Waals surface area contributed by atoms with Crippen LogP contribution in [0.4, 0.5) is 10.2 Å². The van der Waals surface area contributed by atoms with Gasteiger partial charge in [-0.2, -0.15) is 5.10 Å². The number of nitrogens with zero attached hydrogens (tertiary/aromatic N) is 4. The first-order chi connectivity index (χ1) is 16.0. The molecule has 2 aromatic heterocycles. The number of carbonyl (C=O) groups excluding carboxylic acids is 1. The molecule has 0 bridgehead atoms. The van der Waals surface area contributed by atoms with Crippen molar-refractivity contribution in [2.45, 2.75) is 6.10 Å². The number of aromatic amines is 1. The predicted octanol–water partition coefficient (Wildman–Crippen LogP) is 1.94. The molecule has 0 saturated carbocycles. The summed E-state index contributed by atoms with van der Waals surface area (Å²) in [6.07, 6.45) is 3.03. The Bertz CT molecular complexity index is 1150. The number of rotatable bonds is 8. The van der Waals surface area contributed by atoms with Crippen LogP contribution >= 0.6 is 0 Å². The Morgan fingerprint density at radius 1 is 1.36 bits per heavy atom. The number of nitrogens with one attached hydrogen (secondary N) is 2. The monoisotopic (exact) mass is 455 g/mol. The summed E-state index contributed by atoms with van der Waals surface area (Å²) in [5.74, 6) is 0.500. The summed E-state index contributed by atoms with van der Waals surface area (Å²) in [5.41, 5.74) is 8.30. The first kappa shape index (κ1) is 23.8. The van der Waals surface area contributed by atoms with E-state index < -0.39 is 5.82 Å². The maximum Gasteiger partial charge on any atom is 0.189 e. The molecular formula is C22H26FN7O3. The number of allylic oxidation sites excluding steroid dienone is 1. The zero-order chi connectivity index (χ0) is 24.0. The lowest BCUT2D eigenvalue weighted by atomic mass is 10.1. The van der Waals surface area contributed by atoms with Crippen molar-refractivity contribution in [3.8, 4) is 5.75 Å². The third-order valence-corrected chi connectivity index (χ3v) is 5.02. The molecule has 4 N–H and O–H groups in total. The molecule has 174 valence electrons. The number of hydrogen-bond acceptors (Lipinski definition) is 9. The molecule has 1 saturated heterocycles. The molecule has 0 amide bonds. The minimum atomic E-state index is -0.546. The molecule has 0 spiro atoms. The van der Waals surface area contributed by atoms with Crippen molar-refractivity contribution in [1.82, 2.24) is 20.4 Å². The number of anilines is 1. The lowest BCUT2D eigenvalue weighted by molar-refractivity contribution is 0.0783. The van der Waals surface area contributed by atoms with Crippen molar-refractivity contribution in [1.29, 1.82) is 0 Å². The molecule has 33 heavy (non-hydrogen) atoms. The number of nitrogens with two attached hydrogens (primary N) is 1. The first-order valence-corrected chi connectivity index (χ1v) is 10.0. The molecule has 1 aromatic carbocycles. The van der Waals surface area contributed by atoms with Crippen molar-refractivity contribution in [3.05, 3.63) is 53.7 Å². The zero-order valence-corrected chi connectivity index (χ0v) is 18.6. The van der Waals surface area contributed by atoms with Gasteiger partial charge >= 0.3 is 0 Å². The van der Waals surface area contributed by atoms with Crippen LogP contribution in [-0.4, -0.2) is 67.9 Å². The number of benzene rings is 1. The summed E-state index contributed by atoms with van der Waals surface area (Å²) in [6, 6.07) is 6.33. The number of halogens is 1. The predicted molar refractivity (Wildman–Crippen MR) is 125 cm³/mol. The van der Waals surface area contributed by atoms with Crippen LogP contribution in [0.2, 0.25) is 0 Å². The topological polar surface area (TPSA) is 131 Å². The van der Waals surface area contributed by atoms with Crippen molar-refractivity contribution in [2.75, 3.05) is 39.3 Å². The highest BCUT2D eigenvalue weighted by atomic mass is 19.1. The largest absolute Gasteiger partial charge is 0.497 e. The van der Waals surface area contributed by atoms with E-state index in [0.717, 1.165) is 18.9 Å². The van der Waals surface area contributed by atoms with Gasteiger partial charge in [0.25, 0.3) is 0 Å². The smallest absolute Gasteiger partial charge is 0.189 e. The van der Waals surface area contributed by atoms with E-state index in [1.54, 1.807) is 25.3 Å². The average molecular weight is 455 g/mol. The van der Waals surface area contributed by atoms with Crippen LogP contribution in [0.15, 0.2) is 41.6 Å². The molecule has 10 nitrogen and oxygen atoms in total. The van der Waals surface area contributed by atoms with Gasteiger partial charge in [0, 0.05) is 56.9 Å². The van der Waals surface area contributed by atoms with Gasteiger partial charge in [0.05, 0.1) is 18.7 Å². The molecule has 11 heteroatoms. The number of carbonyl (C=O) groups is 1. The number of ketones is 1. The van der Waals surface area contributed by atoms with Crippen molar-refractivity contribution < 1.29 is 18.7 Å². The van der Waals surface area contributed by atoms with E-state index >= 15 is 0 Å². The molecule has 1 aliphatic rings. The number of methoxy groups -OCH3 is 2. The molecule has 3 aromatic rings. The minimum absolute atomic E-state index is 0.120. The zero-order valence-electron chi connectivity index (χ0n) is 18.6. The molecule has 0 radical (unpaired) electrons. The Morgan fingerprint density at radius 3 is 2.73 bits per heavy atom. The lowest BCUT2D eigenvalue weighted by Crippen LogP contribution is -2.52. The van der Waals surface area contributed by atoms with Crippen LogP contribution in [0.5, 0.6) is 5.75 Å². The van der Waals surface area contributed by atoms with Crippen LogP contribution in [0, 0.1) is 5.82 Å². The van der Waals surface area contributed by atoms with E-state index in [-0.39, 0.29) is 28.9 Å². The second kappa shape index (κ2) is 10.7. The van der Waals surface area contributed by atoms with Crippen molar-refractivity contribution >= 4 is 35.0 Å². The second-order valence-electron chi connectivity index (χ2n) is 6.95. The fourth-order valence-corrected chi connectivity index (χ4v) is 3.24. The highest BCUT2D eigenvalue weighted by Gasteiger charge is 2.27. The normalized spacial score (nSPS) is 13.7. The van der Waals surface area contributed by atoms with E-state index in [9.17, 15) is 9.18 Å². The highest BCUT2D eigenvalue weighted by Crippen LogP contribution is 2.25. The quantitative estimate of drug-likeness (QED) is 0.203. The number of imidazole rings is 1. The molecule has 1 aliphatic heterocycles. The minimum Gasteiger partial charge on any atom is -0.497 e. The molecule has 0 atom stereocenters. The summed E-state index contributed by atoms with van der Waals surface area (Å²) >= 11 is 0. The Morgan fingerprint density at radius 2 is 2.12 bits per heavy atom. The number of H-pyrrole nitrogens is 1. The number of aromatic nitrogens is 3. The fourth-order valence-electron chi connectivity index (χ4n) is 3.24. The number of ether oxygens (including phenoxy) is 2. The third kappa shape index (κ3) is 5.16. The first-order valence-electron chi connectivity index (χ1n) is 10.0. The number of fused-ring (bicyclic) bond motifs is 1. The van der Waals surface area contributed by atoms with Crippen LogP contribution in [0.3, 0.4) is 0 Å². The summed E-state index contributed by atoms with van der Waals surface area (Å²) in [6.45, 7) is 4.92. The van der Waals surface area contributed by atoms with Gasteiger partial charge in [-0.1, -0.05) is 0 Å². The fraction of sp³-hybridized carbons (Fsp3) is 0.273. The summed E-state index contributed by atoms with van der Waals surface area (Å²) in [7, 11) is 4.63. The van der Waals surface area contributed by atoms with Crippen molar-refractivity contribution in [3.63, 3.8) is 0 Å². The van der Waals surface area contributed by atoms with Gasteiger partial charge in [-0.05, 0) is 19.2 Å². The van der Waals surface area contributed by atoms with Gasteiger partial charge in [-0.25, -0.2) is 14.4 Å². The van der Waals surface area contributed by atoms with E-state index in [2.05, 4.69) is 42.8 Å². The van der Waals surface area contributed by atoms with Crippen LogP contribution in [0.1, 0.15) is 16.2 Å². The Hall–Kier alpha value is -3.83. The molecule has 4 rings (SSSR count). The van der Waals surface area contributed by atoms with Gasteiger partial charge in [0.2, 0.25) is 0 Å². The Kier molecular flexibility index (Phi) is 7.70. The second-order valence-corrected chi connectivity index (χ2v) is 6.95. The number of pyridine rings is 1. The average Bonchev–Trinajstić information content (AvgIpc) is 3.24. The van der Waals surface area contributed by atoms with Crippen LogP contribution in [-0.2, 0) is 4.74 Å². The molecule has 1 fully saturated rings. The maximum atomic E-state index is 14.3. The molecular weight excluding hydrogens is 429 g/mol. The molecule has 3 heterocycles. The van der Waals surface area contributed by atoms with E-state index in [1.165, 1.54) is 32.5 Å². The summed E-state index contributed by atoms with van der Waals surface area (Å²) in [5, 5.41) is 3.62. The molecule has 0 unspecified atom stereocenters. The van der Waals surface area contributed by atoms with Gasteiger partial charge in [0.15, 0.2) is 17.4 Å². The third-order valence-electron chi connectivity index (χ3n) is 5.02. The van der Waals surface area contributed by atoms with Gasteiger partial charge < -0.3 is 25.1 Å². The van der Waals surface area contributed by atoms with Crippen LogP contribution < -0.4 is 20.8 Å². The van der Waals surface area contributed by atoms with Gasteiger partial charge in [-0.3, -0.25) is 10.2 Å². The van der Waals surface area contributed by atoms with Gasteiger partial charge in [0.1, 0.15) is 22.8 Å². The molecule has 0 aliphatic carbocycles. The Labute approximate surface area is 190 Å². The number of hydrazone groups is 1. The van der Waals surface area contributed by atoms with Crippen LogP contribution in [0.25, 0.3) is 16.7 Å². The SMILES string of the molecule is C=NN/C(=C\C(=O)c1ccc(N2CC(OC)C2)nc1)c1nc2c(F)cc(OC)cc2[nH]1.CN. The van der Waals surface area contributed by atoms with Gasteiger partial charge in [-0.15, -0.1) is 0 Å². The van der Waals surface area contributed by atoms with E-state index in [0.29, 0.717) is 16.8 Å². The summed E-state index contributed by atoms with van der Waals surface area (Å²) in [4.78, 5) is 26.4. The van der Waals surface area contributed by atoms with E-state index in [1.807, 2.05) is 0 Å². The maximum absolute atomic E-state index is 14.3. The van der Waals surface area contributed by atoms with E-state index in [4.69, 9.17) is 9.47 Å². The summed E-state index contributed by atoms with van der Waals surface area (Å²) < 4.78 is 24.6. The number of hydrogen-bond donors (Lipinski definition) is 3. The standard InChI is InChI=1S/C21H21FN6O3.CH5N/c1-23-27-17(21-25-16-7-13(30-2)6-15(22)20(16)26-21)8-18(29)12-4-5-19(24-9-12)28-10-14(11-28)31-3;1-2/h4-9,14,27H,1,10-11H2,2-3H3,(H,25,26);2H2,1H3/b17-8-;.